The van der Waals surface area contributed by atoms with Crippen LogP contribution in [0.5, 0.6) is 0 Å². The number of aliphatic hydroxyl groups is 2. The molecule has 1 aromatic rings. The maximum Gasteiger partial charge on any atom is 0.0685 e. The SMILES string of the molecule is OCc1cc(S)c(S)cc1CO. The van der Waals surface area contributed by atoms with Crippen molar-refractivity contribution >= 4 is 25.3 Å². The molecule has 2 N–H and O–H groups in total. The number of hydrogen-bond donors (Lipinski definition) is 4. The zero-order chi connectivity index (χ0) is 9.14. The highest BCUT2D eigenvalue weighted by molar-refractivity contribution is 7.83. The Morgan fingerprint density at radius 1 is 0.917 bits per heavy atom. The van der Waals surface area contributed by atoms with E-state index in [0.29, 0.717) is 20.9 Å². The summed E-state index contributed by atoms with van der Waals surface area (Å²) in [5, 5.41) is 17.8. The van der Waals surface area contributed by atoms with E-state index in [2.05, 4.69) is 25.3 Å². The smallest absolute Gasteiger partial charge is 0.0685 e. The Hall–Kier alpha value is -0.160. The van der Waals surface area contributed by atoms with E-state index in [1.54, 1.807) is 12.1 Å². The number of hydrogen-bond acceptors (Lipinski definition) is 4. The minimum absolute atomic E-state index is 0.0858. The second-order valence-corrected chi connectivity index (χ2v) is 3.39. The van der Waals surface area contributed by atoms with Crippen molar-refractivity contribution < 1.29 is 10.2 Å². The molecule has 1 rings (SSSR count). The Morgan fingerprint density at radius 2 is 1.25 bits per heavy atom. The lowest BCUT2D eigenvalue weighted by atomic mass is 10.1. The Bertz CT molecular complexity index is 258. The summed E-state index contributed by atoms with van der Waals surface area (Å²) in [5.74, 6) is 0. The van der Waals surface area contributed by atoms with Crippen LogP contribution in [0.4, 0.5) is 0 Å². The minimum Gasteiger partial charge on any atom is -0.392 e. The highest BCUT2D eigenvalue weighted by Gasteiger charge is 2.03. The van der Waals surface area contributed by atoms with Crippen LogP contribution in [0.25, 0.3) is 0 Å². The van der Waals surface area contributed by atoms with Crippen LogP contribution in [0.3, 0.4) is 0 Å². The van der Waals surface area contributed by atoms with Crippen LogP contribution in [0.15, 0.2) is 21.9 Å². The Kier molecular flexibility index (Phi) is 3.46. The van der Waals surface area contributed by atoms with Crippen molar-refractivity contribution in [2.24, 2.45) is 0 Å². The van der Waals surface area contributed by atoms with E-state index in [1.165, 1.54) is 0 Å². The fraction of sp³-hybridized carbons (Fsp3) is 0.250. The molecule has 0 aliphatic carbocycles. The average Bonchev–Trinajstić information content (AvgIpc) is 2.09. The normalized spacial score (nSPS) is 10.3. The molecular weight excluding hydrogens is 192 g/mol. The van der Waals surface area contributed by atoms with Crippen LogP contribution in [0, 0.1) is 0 Å². The molecule has 0 unspecified atom stereocenters. The van der Waals surface area contributed by atoms with E-state index >= 15 is 0 Å². The summed E-state index contributed by atoms with van der Waals surface area (Å²) in [7, 11) is 0. The van der Waals surface area contributed by atoms with Gasteiger partial charge in [-0.2, -0.15) is 0 Å². The molecule has 0 atom stereocenters. The van der Waals surface area contributed by atoms with Gasteiger partial charge >= 0.3 is 0 Å². The molecule has 4 heteroatoms. The van der Waals surface area contributed by atoms with Crippen LogP contribution in [0.2, 0.25) is 0 Å². The summed E-state index contributed by atoms with van der Waals surface area (Å²) in [5.41, 5.74) is 1.39. The lowest BCUT2D eigenvalue weighted by Gasteiger charge is -2.07. The quantitative estimate of drug-likeness (QED) is 0.545. The van der Waals surface area contributed by atoms with Crippen LogP contribution >= 0.6 is 25.3 Å². The molecule has 0 spiro atoms. The Balaban J connectivity index is 3.19. The maximum absolute atomic E-state index is 8.89. The standard InChI is InChI=1S/C8H10O2S2/c9-3-5-1-7(11)8(12)2-6(5)4-10/h1-2,9-12H,3-4H2. The molecule has 0 saturated heterocycles. The van der Waals surface area contributed by atoms with E-state index in [1.807, 2.05) is 0 Å². The number of rotatable bonds is 2. The molecule has 0 bridgehead atoms. The van der Waals surface area contributed by atoms with Crippen molar-refractivity contribution in [2.45, 2.75) is 23.0 Å². The predicted molar refractivity (Wildman–Crippen MR) is 52.8 cm³/mol. The monoisotopic (exact) mass is 202 g/mol. The van der Waals surface area contributed by atoms with Gasteiger partial charge in [-0.1, -0.05) is 0 Å². The van der Waals surface area contributed by atoms with Crippen LogP contribution in [-0.4, -0.2) is 10.2 Å². The molecule has 0 amide bonds. The first-order chi connectivity index (χ1) is 5.69. The van der Waals surface area contributed by atoms with Crippen LogP contribution in [0.1, 0.15) is 11.1 Å². The molecule has 0 fully saturated rings. The van der Waals surface area contributed by atoms with Gasteiger partial charge in [-0.15, -0.1) is 25.3 Å². The molecule has 0 radical (unpaired) electrons. The van der Waals surface area contributed by atoms with Crippen molar-refractivity contribution in [3.05, 3.63) is 23.3 Å². The van der Waals surface area contributed by atoms with Gasteiger partial charge in [-0.05, 0) is 23.3 Å². The van der Waals surface area contributed by atoms with Gasteiger partial charge in [0, 0.05) is 9.79 Å². The first-order valence-electron chi connectivity index (χ1n) is 3.44. The summed E-state index contributed by atoms with van der Waals surface area (Å²) in [4.78, 5) is 1.42. The minimum atomic E-state index is -0.0858. The highest BCUT2D eigenvalue weighted by Crippen LogP contribution is 2.23. The zero-order valence-corrected chi connectivity index (χ0v) is 8.15. The molecule has 0 saturated carbocycles. The molecule has 0 aliphatic rings. The van der Waals surface area contributed by atoms with Crippen molar-refractivity contribution in [1.82, 2.24) is 0 Å². The first kappa shape index (κ1) is 9.92. The van der Waals surface area contributed by atoms with Crippen molar-refractivity contribution in [3.63, 3.8) is 0 Å². The van der Waals surface area contributed by atoms with Gasteiger partial charge in [-0.3, -0.25) is 0 Å². The van der Waals surface area contributed by atoms with Gasteiger partial charge in [0.05, 0.1) is 13.2 Å². The van der Waals surface area contributed by atoms with Gasteiger partial charge in [0.25, 0.3) is 0 Å². The lowest BCUT2D eigenvalue weighted by molar-refractivity contribution is 0.259. The second-order valence-electron chi connectivity index (χ2n) is 2.43. The van der Waals surface area contributed by atoms with Crippen molar-refractivity contribution in [1.29, 1.82) is 0 Å². The lowest BCUT2D eigenvalue weighted by Crippen LogP contribution is -1.94. The summed E-state index contributed by atoms with van der Waals surface area (Å²) < 4.78 is 0. The average molecular weight is 202 g/mol. The van der Waals surface area contributed by atoms with Gasteiger partial charge in [0.15, 0.2) is 0 Å². The van der Waals surface area contributed by atoms with E-state index in [0.717, 1.165) is 0 Å². The molecule has 12 heavy (non-hydrogen) atoms. The zero-order valence-electron chi connectivity index (χ0n) is 6.36. The molecule has 1 aromatic carbocycles. The van der Waals surface area contributed by atoms with Gasteiger partial charge in [-0.25, -0.2) is 0 Å². The number of benzene rings is 1. The van der Waals surface area contributed by atoms with Gasteiger partial charge in [0.1, 0.15) is 0 Å². The number of thiol groups is 2. The van der Waals surface area contributed by atoms with Crippen molar-refractivity contribution in [2.75, 3.05) is 0 Å². The summed E-state index contributed by atoms with van der Waals surface area (Å²) >= 11 is 8.28. The second kappa shape index (κ2) is 4.18. The summed E-state index contributed by atoms with van der Waals surface area (Å²) in [6, 6.07) is 3.41. The predicted octanol–water partition coefficient (Wildman–Crippen LogP) is 1.25. The van der Waals surface area contributed by atoms with Crippen LogP contribution < -0.4 is 0 Å². The molecule has 2 nitrogen and oxygen atoms in total. The largest absolute Gasteiger partial charge is 0.392 e. The Morgan fingerprint density at radius 3 is 1.50 bits per heavy atom. The maximum atomic E-state index is 8.89. The third-order valence-electron chi connectivity index (χ3n) is 1.64. The van der Waals surface area contributed by atoms with E-state index in [-0.39, 0.29) is 13.2 Å². The van der Waals surface area contributed by atoms with Crippen molar-refractivity contribution in [3.8, 4) is 0 Å². The third kappa shape index (κ3) is 1.95. The third-order valence-corrected chi connectivity index (χ3v) is 2.55. The van der Waals surface area contributed by atoms with E-state index in [9.17, 15) is 0 Å². The summed E-state index contributed by atoms with van der Waals surface area (Å²) in [6.45, 7) is -0.172. The van der Waals surface area contributed by atoms with Gasteiger partial charge in [0.2, 0.25) is 0 Å². The summed E-state index contributed by atoms with van der Waals surface area (Å²) in [6.07, 6.45) is 0. The number of aliphatic hydroxyl groups excluding tert-OH is 2. The molecule has 0 heterocycles. The highest BCUT2D eigenvalue weighted by atomic mass is 32.1. The first-order valence-corrected chi connectivity index (χ1v) is 4.34. The van der Waals surface area contributed by atoms with Crippen LogP contribution in [-0.2, 0) is 13.2 Å². The van der Waals surface area contributed by atoms with E-state index in [4.69, 9.17) is 10.2 Å². The Labute approximate surface area is 82.1 Å². The topological polar surface area (TPSA) is 40.5 Å². The van der Waals surface area contributed by atoms with E-state index < -0.39 is 0 Å². The molecule has 0 aliphatic heterocycles. The fourth-order valence-corrected chi connectivity index (χ4v) is 1.40. The molecule has 0 aromatic heterocycles. The molecule has 66 valence electrons. The van der Waals surface area contributed by atoms with Gasteiger partial charge < -0.3 is 10.2 Å². The fourth-order valence-electron chi connectivity index (χ4n) is 0.958. The molecular formula is C8H10O2S2.